The molecule has 0 aliphatic carbocycles. The summed E-state index contributed by atoms with van der Waals surface area (Å²) in [6, 6.07) is 5.83. The Labute approximate surface area is 129 Å². The van der Waals surface area contributed by atoms with Gasteiger partial charge in [-0.25, -0.2) is 13.1 Å². The summed E-state index contributed by atoms with van der Waals surface area (Å²) in [6.07, 6.45) is 3.00. The minimum Gasteiger partial charge on any atom is -0.310 e. The van der Waals surface area contributed by atoms with Gasteiger partial charge in [-0.2, -0.15) is 0 Å². The van der Waals surface area contributed by atoms with Crippen LogP contribution in [-0.4, -0.2) is 21.0 Å². The van der Waals surface area contributed by atoms with Crippen LogP contribution in [0.15, 0.2) is 23.1 Å². The van der Waals surface area contributed by atoms with Crippen LogP contribution in [0.4, 0.5) is 0 Å². The molecule has 0 saturated carbocycles. The maximum atomic E-state index is 12.4. The van der Waals surface area contributed by atoms with Gasteiger partial charge in [-0.3, -0.25) is 0 Å². The summed E-state index contributed by atoms with van der Waals surface area (Å²) < 4.78 is 27.4. The van der Waals surface area contributed by atoms with Gasteiger partial charge in [0.05, 0.1) is 4.90 Å². The molecule has 5 heteroatoms. The van der Waals surface area contributed by atoms with E-state index in [-0.39, 0.29) is 0 Å². The van der Waals surface area contributed by atoms with Crippen molar-refractivity contribution in [2.75, 3.05) is 6.54 Å². The van der Waals surface area contributed by atoms with Crippen LogP contribution < -0.4 is 10.0 Å². The summed E-state index contributed by atoms with van der Waals surface area (Å²) in [4.78, 5) is 0.391. The normalized spacial score (nSPS) is 12.0. The minimum absolute atomic E-state index is 0.372. The molecule has 0 spiro atoms. The Morgan fingerprint density at radius 2 is 1.90 bits per heavy atom. The Balaban J connectivity index is 2.84. The monoisotopic (exact) mass is 312 g/mol. The van der Waals surface area contributed by atoms with Crippen molar-refractivity contribution >= 4 is 10.0 Å². The lowest BCUT2D eigenvalue weighted by atomic mass is 10.1. The van der Waals surface area contributed by atoms with E-state index in [1.54, 1.807) is 6.07 Å². The van der Waals surface area contributed by atoms with Crippen molar-refractivity contribution in [2.45, 2.75) is 64.4 Å². The van der Waals surface area contributed by atoms with Gasteiger partial charge >= 0.3 is 0 Å². The Morgan fingerprint density at radius 1 is 1.19 bits per heavy atom. The number of rotatable bonds is 9. The highest BCUT2D eigenvalue weighted by Gasteiger charge is 2.17. The maximum Gasteiger partial charge on any atom is 0.240 e. The molecule has 0 amide bonds. The Morgan fingerprint density at radius 3 is 2.52 bits per heavy atom. The molecule has 0 heterocycles. The summed E-state index contributed by atoms with van der Waals surface area (Å²) in [5.41, 5.74) is 1.86. The summed E-state index contributed by atoms with van der Waals surface area (Å²) in [5.74, 6) is 0. The van der Waals surface area contributed by atoms with Crippen LogP contribution in [0.25, 0.3) is 0 Å². The average molecular weight is 312 g/mol. The molecule has 0 aromatic heterocycles. The Hall–Kier alpha value is -0.910. The molecule has 1 aromatic rings. The van der Waals surface area contributed by atoms with Gasteiger partial charge in [0.25, 0.3) is 0 Å². The van der Waals surface area contributed by atoms with Crippen LogP contribution in [-0.2, 0) is 16.6 Å². The van der Waals surface area contributed by atoms with E-state index in [0.717, 1.165) is 30.4 Å². The van der Waals surface area contributed by atoms with Crippen LogP contribution in [0.1, 0.15) is 51.2 Å². The number of hydrogen-bond donors (Lipinski definition) is 2. The van der Waals surface area contributed by atoms with E-state index < -0.39 is 10.0 Å². The molecule has 0 bridgehead atoms. The average Bonchev–Trinajstić information content (AvgIpc) is 2.42. The standard InChI is InChI=1S/C16H28N2O2S/c1-5-6-7-11-18-21(19,20)16-10-8-9-15(14(16)4)12-17-13(2)3/h8-10,13,17-18H,5-7,11-12H2,1-4H3. The molecule has 120 valence electrons. The predicted octanol–water partition coefficient (Wildman–Crippen LogP) is 2.96. The fraction of sp³-hybridized carbons (Fsp3) is 0.625. The molecule has 0 unspecified atom stereocenters. The van der Waals surface area contributed by atoms with Crippen LogP contribution in [0.3, 0.4) is 0 Å². The van der Waals surface area contributed by atoms with E-state index in [4.69, 9.17) is 0 Å². The highest BCUT2D eigenvalue weighted by atomic mass is 32.2. The molecule has 0 aliphatic heterocycles. The number of unbranched alkanes of at least 4 members (excludes halogenated alkanes) is 2. The Kier molecular flexibility index (Phi) is 7.35. The van der Waals surface area contributed by atoms with Crippen molar-refractivity contribution in [3.05, 3.63) is 29.3 Å². The topological polar surface area (TPSA) is 58.2 Å². The lowest BCUT2D eigenvalue weighted by molar-refractivity contribution is 0.573. The van der Waals surface area contributed by atoms with Gasteiger partial charge < -0.3 is 5.32 Å². The fourth-order valence-corrected chi connectivity index (χ4v) is 3.48. The van der Waals surface area contributed by atoms with Gasteiger partial charge in [-0.15, -0.1) is 0 Å². The predicted molar refractivity (Wildman–Crippen MR) is 87.9 cm³/mol. The summed E-state index contributed by atoms with van der Waals surface area (Å²) in [5, 5.41) is 3.33. The van der Waals surface area contributed by atoms with E-state index in [1.165, 1.54) is 0 Å². The van der Waals surface area contributed by atoms with E-state index in [9.17, 15) is 8.42 Å². The highest BCUT2D eigenvalue weighted by molar-refractivity contribution is 7.89. The number of benzene rings is 1. The molecule has 0 radical (unpaired) electrons. The number of hydrogen-bond acceptors (Lipinski definition) is 3. The molecule has 1 rings (SSSR count). The molecule has 4 nitrogen and oxygen atoms in total. The maximum absolute atomic E-state index is 12.4. The molecule has 0 fully saturated rings. The first-order chi connectivity index (χ1) is 9.88. The van der Waals surface area contributed by atoms with Crippen molar-refractivity contribution < 1.29 is 8.42 Å². The van der Waals surface area contributed by atoms with Gasteiger partial charge in [0.2, 0.25) is 10.0 Å². The third-order valence-electron chi connectivity index (χ3n) is 3.46. The lowest BCUT2D eigenvalue weighted by Gasteiger charge is -2.14. The molecule has 2 N–H and O–H groups in total. The first-order valence-corrected chi connectivity index (χ1v) is 9.18. The molecule has 0 atom stereocenters. The molecule has 21 heavy (non-hydrogen) atoms. The van der Waals surface area contributed by atoms with Gasteiger partial charge in [0.15, 0.2) is 0 Å². The third-order valence-corrected chi connectivity index (χ3v) is 5.06. The molecule has 1 aromatic carbocycles. The minimum atomic E-state index is -3.41. The molecular weight excluding hydrogens is 284 g/mol. The zero-order chi connectivity index (χ0) is 15.9. The lowest BCUT2D eigenvalue weighted by Crippen LogP contribution is -2.26. The second-order valence-corrected chi connectivity index (χ2v) is 7.42. The van der Waals surface area contributed by atoms with Crippen molar-refractivity contribution in [3.8, 4) is 0 Å². The molecular formula is C16H28N2O2S. The SMILES string of the molecule is CCCCCNS(=O)(=O)c1cccc(CNC(C)C)c1C. The molecule has 0 saturated heterocycles. The van der Waals surface area contributed by atoms with Crippen molar-refractivity contribution in [1.82, 2.24) is 10.0 Å². The quantitative estimate of drug-likeness (QED) is 0.689. The summed E-state index contributed by atoms with van der Waals surface area (Å²) in [7, 11) is -3.41. The summed E-state index contributed by atoms with van der Waals surface area (Å²) >= 11 is 0. The first-order valence-electron chi connectivity index (χ1n) is 7.70. The number of sulfonamides is 1. The van der Waals surface area contributed by atoms with Gasteiger partial charge in [-0.05, 0) is 30.5 Å². The van der Waals surface area contributed by atoms with Crippen LogP contribution in [0.5, 0.6) is 0 Å². The van der Waals surface area contributed by atoms with E-state index >= 15 is 0 Å². The van der Waals surface area contributed by atoms with Gasteiger partial charge in [-0.1, -0.05) is 45.7 Å². The van der Waals surface area contributed by atoms with Gasteiger partial charge in [0, 0.05) is 19.1 Å². The van der Waals surface area contributed by atoms with Crippen LogP contribution >= 0.6 is 0 Å². The zero-order valence-electron chi connectivity index (χ0n) is 13.6. The van der Waals surface area contributed by atoms with Crippen molar-refractivity contribution in [1.29, 1.82) is 0 Å². The first kappa shape index (κ1) is 18.1. The van der Waals surface area contributed by atoms with Crippen LogP contribution in [0.2, 0.25) is 0 Å². The largest absolute Gasteiger partial charge is 0.310 e. The van der Waals surface area contributed by atoms with Crippen molar-refractivity contribution in [3.63, 3.8) is 0 Å². The molecule has 0 aliphatic rings. The van der Waals surface area contributed by atoms with E-state index in [1.807, 2.05) is 19.1 Å². The zero-order valence-corrected chi connectivity index (χ0v) is 14.4. The smallest absolute Gasteiger partial charge is 0.240 e. The van der Waals surface area contributed by atoms with Gasteiger partial charge in [0.1, 0.15) is 0 Å². The number of nitrogens with one attached hydrogen (secondary N) is 2. The second-order valence-electron chi connectivity index (χ2n) is 5.68. The Bertz CT molecular complexity index is 539. The third kappa shape index (κ3) is 5.77. The second kappa shape index (κ2) is 8.51. The van der Waals surface area contributed by atoms with E-state index in [0.29, 0.717) is 24.0 Å². The fourth-order valence-electron chi connectivity index (χ4n) is 2.12. The summed E-state index contributed by atoms with van der Waals surface area (Å²) in [6.45, 7) is 9.31. The van der Waals surface area contributed by atoms with Crippen LogP contribution in [0, 0.1) is 6.92 Å². The van der Waals surface area contributed by atoms with E-state index in [2.05, 4.69) is 30.8 Å². The highest BCUT2D eigenvalue weighted by Crippen LogP contribution is 2.19. The van der Waals surface area contributed by atoms with Crippen molar-refractivity contribution in [2.24, 2.45) is 0 Å².